The van der Waals surface area contributed by atoms with E-state index in [1.807, 2.05) is 77.6 Å². The standard InChI is InChI=1S/C24BF20.C21H16NO/c26-5-1(6(27)14(35)21(42)13(5)34)25(2-7(28)15(36)22(43)16(37)8(2)29,3-9(30)17(38)23(44)18(39)10(3)31)4-11(32)19(40)24(45)20(41)12(4)33;23-21(20-11-5-9-17-7-3-4-10-19(17)20)15-22-13-12-16-6-1-2-8-18(16)14-22/h;1-14H,15H2/q-1;+1. The van der Waals surface area contributed by atoms with Crippen molar-refractivity contribution < 1.29 is 97.2 Å². The quantitative estimate of drug-likeness (QED) is 0.0390. The van der Waals surface area contributed by atoms with E-state index in [0.717, 1.165) is 21.7 Å². The van der Waals surface area contributed by atoms with Gasteiger partial charge in [-0.05, 0) is 22.2 Å². The van der Waals surface area contributed by atoms with Crippen LogP contribution in [0.2, 0.25) is 0 Å². The van der Waals surface area contributed by atoms with Crippen molar-refractivity contribution in [1.82, 2.24) is 0 Å². The minimum atomic E-state index is -7.22. The van der Waals surface area contributed by atoms with Crippen LogP contribution in [0, 0.1) is 116 Å². The van der Waals surface area contributed by atoms with Crippen LogP contribution in [0.5, 0.6) is 0 Å². The molecular weight excluding hydrogens is 961 g/mol. The molecule has 2 nitrogen and oxygen atoms in total. The van der Waals surface area contributed by atoms with Gasteiger partial charge >= 0.3 is 0 Å². The van der Waals surface area contributed by atoms with Gasteiger partial charge < -0.3 is 0 Å². The largest absolute Gasteiger partial charge is 0.287 e. The van der Waals surface area contributed by atoms with Gasteiger partial charge in [-0.1, -0.05) is 60.7 Å². The number of carbonyl (C=O) groups is 1. The number of Topliss-reactive ketones (excluding diaryl/α,β-unsaturated/α-hetero) is 1. The molecule has 68 heavy (non-hydrogen) atoms. The third-order valence-electron chi connectivity index (χ3n) is 10.9. The number of pyridine rings is 1. The smallest absolute Gasteiger partial charge is 0.228 e. The number of rotatable bonds is 7. The van der Waals surface area contributed by atoms with Crippen LogP contribution in [-0.2, 0) is 6.54 Å². The summed E-state index contributed by atoms with van der Waals surface area (Å²) in [5.41, 5.74) is -13.5. The summed E-state index contributed by atoms with van der Waals surface area (Å²) in [6.07, 6.45) is -3.23. The van der Waals surface area contributed by atoms with Gasteiger partial charge in [0, 0.05) is 17.0 Å². The van der Waals surface area contributed by atoms with Gasteiger partial charge in [0.2, 0.25) is 12.3 Å². The fourth-order valence-corrected chi connectivity index (χ4v) is 7.87. The summed E-state index contributed by atoms with van der Waals surface area (Å²) >= 11 is 0. The van der Waals surface area contributed by atoms with E-state index in [4.69, 9.17) is 0 Å². The fourth-order valence-electron chi connectivity index (χ4n) is 7.87. The van der Waals surface area contributed by atoms with Gasteiger partial charge in [-0.2, -0.15) is 4.57 Å². The molecule has 23 heteroatoms. The Morgan fingerprint density at radius 1 is 0.338 bits per heavy atom. The van der Waals surface area contributed by atoms with Crippen LogP contribution >= 0.6 is 0 Å². The van der Waals surface area contributed by atoms with Crippen LogP contribution in [-0.4, -0.2) is 11.9 Å². The van der Waals surface area contributed by atoms with Crippen LogP contribution in [0.3, 0.4) is 0 Å². The Kier molecular flexibility index (Phi) is 12.8. The average molecular weight is 977 g/mol. The average Bonchev–Trinajstić information content (AvgIpc) is 3.33. The summed E-state index contributed by atoms with van der Waals surface area (Å²) in [6.45, 7) is 0.346. The van der Waals surface area contributed by atoms with Crippen LogP contribution < -0.4 is 26.4 Å². The first-order valence-corrected chi connectivity index (χ1v) is 18.6. The number of fused-ring (bicyclic) bond motifs is 2. The summed E-state index contributed by atoms with van der Waals surface area (Å²) in [5, 5.41) is 4.44. The third-order valence-corrected chi connectivity index (χ3v) is 10.9. The van der Waals surface area contributed by atoms with Crippen LogP contribution in [0.25, 0.3) is 21.5 Å². The zero-order valence-electron chi connectivity index (χ0n) is 32.8. The number of hydrogen-bond donors (Lipinski definition) is 0. The number of ketones is 1. The first kappa shape index (κ1) is 48.5. The summed E-state index contributed by atoms with van der Waals surface area (Å²) < 4.78 is 296. The normalized spacial score (nSPS) is 11.6. The van der Waals surface area contributed by atoms with E-state index in [1.54, 1.807) is 0 Å². The molecular formula is C45H16BF20NO. The molecule has 0 unspecified atom stereocenters. The van der Waals surface area contributed by atoms with Crippen molar-refractivity contribution in [1.29, 1.82) is 0 Å². The number of aromatic nitrogens is 1. The highest BCUT2D eigenvalue weighted by molar-refractivity contribution is 7.20. The number of nitrogens with zero attached hydrogens (tertiary/aromatic N) is 1. The molecule has 0 amide bonds. The van der Waals surface area contributed by atoms with E-state index in [-0.39, 0.29) is 5.78 Å². The van der Waals surface area contributed by atoms with Gasteiger partial charge in [0.1, 0.15) is 52.7 Å². The van der Waals surface area contributed by atoms with Crippen LogP contribution in [0.4, 0.5) is 87.8 Å². The lowest BCUT2D eigenvalue weighted by Crippen LogP contribution is -2.81. The monoisotopic (exact) mass is 977 g/mol. The summed E-state index contributed by atoms with van der Waals surface area (Å²) in [5.74, 6) is -71.3. The molecule has 0 N–H and O–H groups in total. The van der Waals surface area contributed by atoms with Gasteiger partial charge in [-0.15, -0.1) is 21.9 Å². The highest BCUT2D eigenvalue weighted by atomic mass is 19.2. The molecule has 1 heterocycles. The Morgan fingerprint density at radius 3 is 1.00 bits per heavy atom. The molecule has 0 aliphatic rings. The Bertz CT molecular complexity index is 3030. The minimum Gasteiger partial charge on any atom is -0.287 e. The van der Waals surface area contributed by atoms with E-state index >= 15 is 35.1 Å². The molecule has 0 bridgehead atoms. The molecule has 0 radical (unpaired) electrons. The SMILES string of the molecule is Fc1c(F)c(F)c([B-](c2c(F)c(F)c(F)c(F)c2F)(c2c(F)c(F)c(F)c(F)c2F)c2c(F)c(F)c(F)c(F)c2F)c(F)c1F.O=C(C[n+]1ccc2ccccc2c1)c1cccc2ccccc12. The van der Waals surface area contributed by atoms with E-state index in [1.165, 1.54) is 5.39 Å². The minimum absolute atomic E-state index is 0.127. The van der Waals surface area contributed by atoms with Crippen molar-refractivity contribution in [3.05, 3.63) is 207 Å². The predicted molar refractivity (Wildman–Crippen MR) is 202 cm³/mol. The Balaban J connectivity index is 0.000000246. The van der Waals surface area contributed by atoms with Crippen molar-refractivity contribution in [3.63, 3.8) is 0 Å². The molecule has 8 aromatic rings. The number of carbonyl (C=O) groups excluding carboxylic acids is 1. The van der Waals surface area contributed by atoms with E-state index in [0.29, 0.717) is 6.54 Å². The van der Waals surface area contributed by atoms with Gasteiger partial charge in [0.25, 0.3) is 0 Å². The molecule has 7 aromatic carbocycles. The molecule has 0 saturated heterocycles. The highest BCUT2D eigenvalue weighted by Crippen LogP contribution is 2.31. The Hall–Kier alpha value is -7.46. The number of benzene rings is 7. The van der Waals surface area contributed by atoms with Crippen LogP contribution in [0.1, 0.15) is 10.4 Å². The topological polar surface area (TPSA) is 20.9 Å². The molecule has 8 rings (SSSR count). The van der Waals surface area contributed by atoms with Crippen molar-refractivity contribution in [2.75, 3.05) is 0 Å². The molecule has 0 fully saturated rings. The molecule has 350 valence electrons. The number of hydrogen-bond acceptors (Lipinski definition) is 1. The van der Waals surface area contributed by atoms with Gasteiger partial charge in [0.15, 0.2) is 82.2 Å². The summed E-state index contributed by atoms with van der Waals surface area (Å²) in [7, 11) is 0. The molecule has 0 atom stereocenters. The maximum Gasteiger partial charge on any atom is 0.228 e. The fraction of sp³-hybridized carbons (Fsp3) is 0.0222. The third kappa shape index (κ3) is 7.43. The second-order valence-corrected chi connectivity index (χ2v) is 14.5. The second-order valence-electron chi connectivity index (χ2n) is 14.5. The zero-order valence-corrected chi connectivity index (χ0v) is 32.8. The van der Waals surface area contributed by atoms with Gasteiger partial charge in [0.05, 0.1) is 0 Å². The molecule has 1 aromatic heterocycles. The zero-order chi connectivity index (χ0) is 50.0. The lowest BCUT2D eigenvalue weighted by molar-refractivity contribution is -0.681. The van der Waals surface area contributed by atoms with Crippen molar-refractivity contribution in [3.8, 4) is 0 Å². The Morgan fingerprint density at radius 2 is 0.632 bits per heavy atom. The summed E-state index contributed by atoms with van der Waals surface area (Å²) in [6, 6.07) is 24.1. The maximum absolute atomic E-state index is 15.4. The van der Waals surface area contributed by atoms with Crippen molar-refractivity contribution >= 4 is 55.3 Å². The highest BCUT2D eigenvalue weighted by Gasteiger charge is 2.52. The second kappa shape index (κ2) is 18.0. The van der Waals surface area contributed by atoms with E-state index < -0.39 is 144 Å². The van der Waals surface area contributed by atoms with Crippen molar-refractivity contribution in [2.45, 2.75) is 6.54 Å². The van der Waals surface area contributed by atoms with Crippen LogP contribution in [0.15, 0.2) is 85.2 Å². The first-order chi connectivity index (χ1) is 32.0. The molecule has 0 saturated carbocycles. The van der Waals surface area contributed by atoms with Gasteiger partial charge in [-0.25, -0.2) is 87.8 Å². The predicted octanol–water partition coefficient (Wildman–Crippen LogP) is 10.0. The van der Waals surface area contributed by atoms with E-state index in [9.17, 15) is 57.5 Å². The first-order valence-electron chi connectivity index (χ1n) is 18.6. The molecule has 0 spiro atoms. The maximum atomic E-state index is 15.4. The lowest BCUT2D eigenvalue weighted by Gasteiger charge is -2.44. The number of halogens is 20. The lowest BCUT2D eigenvalue weighted by atomic mass is 9.12. The molecule has 0 aliphatic carbocycles. The van der Waals surface area contributed by atoms with Crippen molar-refractivity contribution in [2.24, 2.45) is 0 Å². The molecule has 0 aliphatic heterocycles. The van der Waals surface area contributed by atoms with Gasteiger partial charge in [-0.3, -0.25) is 4.79 Å². The van der Waals surface area contributed by atoms with E-state index in [2.05, 4.69) is 12.1 Å². The summed E-state index contributed by atoms with van der Waals surface area (Å²) in [4.78, 5) is 12.7. The Labute approximate surface area is 365 Å².